The van der Waals surface area contributed by atoms with Crippen LogP contribution >= 0.6 is 0 Å². The van der Waals surface area contributed by atoms with Gasteiger partial charge < -0.3 is 15.8 Å². The van der Waals surface area contributed by atoms with Crippen LogP contribution in [0.3, 0.4) is 0 Å². The molecule has 3 atom stereocenters. The Morgan fingerprint density at radius 2 is 2.19 bits per heavy atom. The van der Waals surface area contributed by atoms with Crippen LogP contribution < -0.4 is 11.1 Å². The first kappa shape index (κ1) is 13.5. The smallest absolute Gasteiger partial charge is 0.243 e. The predicted molar refractivity (Wildman–Crippen MR) is 64.0 cm³/mol. The molecule has 4 nitrogen and oxygen atoms in total. The van der Waals surface area contributed by atoms with Gasteiger partial charge in [-0.3, -0.25) is 4.79 Å². The van der Waals surface area contributed by atoms with Gasteiger partial charge in [0.15, 0.2) is 0 Å². The molecule has 3 N–H and O–H groups in total. The molecule has 0 heterocycles. The molecule has 1 fully saturated rings. The summed E-state index contributed by atoms with van der Waals surface area (Å²) in [6.45, 7) is 5.99. The topological polar surface area (TPSA) is 64.3 Å². The standard InChI is InChI=1S/C12H24N2O2/c1-9-3-4-10(2)11(7-9)14-5-6-16-8-12(13)15/h9-11,14H,3-8H2,1-2H3,(H2,13,15). The van der Waals surface area contributed by atoms with Crippen LogP contribution in [0.4, 0.5) is 0 Å². The molecule has 0 aromatic rings. The number of nitrogens with one attached hydrogen (secondary N) is 1. The third kappa shape index (κ3) is 4.94. The molecule has 0 aliphatic heterocycles. The first-order valence-corrected chi connectivity index (χ1v) is 6.19. The maximum atomic E-state index is 10.4. The molecule has 1 rings (SSSR count). The lowest BCUT2D eigenvalue weighted by Crippen LogP contribution is -2.41. The number of hydrogen-bond acceptors (Lipinski definition) is 3. The third-order valence-electron chi connectivity index (χ3n) is 3.36. The van der Waals surface area contributed by atoms with Gasteiger partial charge in [-0.25, -0.2) is 0 Å². The molecule has 3 unspecified atom stereocenters. The lowest BCUT2D eigenvalue weighted by Gasteiger charge is -2.33. The summed E-state index contributed by atoms with van der Waals surface area (Å²) in [6.07, 6.45) is 3.90. The van der Waals surface area contributed by atoms with Crippen LogP contribution in [0.5, 0.6) is 0 Å². The molecule has 0 radical (unpaired) electrons. The van der Waals surface area contributed by atoms with E-state index >= 15 is 0 Å². The Kier molecular flexibility index (Phi) is 5.77. The van der Waals surface area contributed by atoms with Crippen LogP contribution in [0.1, 0.15) is 33.1 Å². The van der Waals surface area contributed by atoms with E-state index in [1.165, 1.54) is 19.3 Å². The minimum Gasteiger partial charge on any atom is -0.370 e. The van der Waals surface area contributed by atoms with Gasteiger partial charge in [0, 0.05) is 12.6 Å². The van der Waals surface area contributed by atoms with Crippen molar-refractivity contribution in [3.05, 3.63) is 0 Å². The van der Waals surface area contributed by atoms with Gasteiger partial charge in [0.2, 0.25) is 5.91 Å². The highest BCUT2D eigenvalue weighted by molar-refractivity contribution is 5.74. The number of carbonyl (C=O) groups is 1. The van der Waals surface area contributed by atoms with Crippen molar-refractivity contribution >= 4 is 5.91 Å². The Balaban J connectivity index is 2.09. The number of nitrogens with two attached hydrogens (primary N) is 1. The van der Waals surface area contributed by atoms with Gasteiger partial charge in [-0.15, -0.1) is 0 Å². The number of rotatable bonds is 6. The summed E-state index contributed by atoms with van der Waals surface area (Å²) in [5, 5.41) is 3.50. The SMILES string of the molecule is CC1CCC(C)C(NCCOCC(N)=O)C1. The highest BCUT2D eigenvalue weighted by Gasteiger charge is 2.24. The second-order valence-electron chi connectivity index (χ2n) is 4.98. The van der Waals surface area contributed by atoms with Crippen molar-refractivity contribution in [2.45, 2.75) is 39.2 Å². The van der Waals surface area contributed by atoms with Gasteiger partial charge in [-0.2, -0.15) is 0 Å². The molecule has 4 heteroatoms. The quantitative estimate of drug-likeness (QED) is 0.664. The average molecular weight is 228 g/mol. The molecule has 0 spiro atoms. The Morgan fingerprint density at radius 3 is 2.88 bits per heavy atom. The van der Waals surface area contributed by atoms with Crippen LogP contribution in [-0.4, -0.2) is 31.7 Å². The Bertz CT molecular complexity index is 221. The molecular weight excluding hydrogens is 204 g/mol. The van der Waals surface area contributed by atoms with Crippen molar-refractivity contribution in [3.63, 3.8) is 0 Å². The first-order chi connectivity index (χ1) is 7.59. The molecule has 0 bridgehead atoms. The minimum absolute atomic E-state index is 0.0261. The van der Waals surface area contributed by atoms with E-state index < -0.39 is 5.91 Å². The first-order valence-electron chi connectivity index (χ1n) is 6.19. The summed E-state index contributed by atoms with van der Waals surface area (Å²) >= 11 is 0. The zero-order chi connectivity index (χ0) is 12.0. The zero-order valence-electron chi connectivity index (χ0n) is 10.4. The van der Waals surface area contributed by atoms with Crippen LogP contribution in [0.15, 0.2) is 0 Å². The molecule has 1 aliphatic rings. The van der Waals surface area contributed by atoms with Crippen LogP contribution in [-0.2, 0) is 9.53 Å². The average Bonchev–Trinajstić information content (AvgIpc) is 2.22. The third-order valence-corrected chi connectivity index (χ3v) is 3.36. The van der Waals surface area contributed by atoms with E-state index in [1.54, 1.807) is 0 Å². The summed E-state index contributed by atoms with van der Waals surface area (Å²) in [6, 6.07) is 0.598. The van der Waals surface area contributed by atoms with Crippen molar-refractivity contribution < 1.29 is 9.53 Å². The number of hydrogen-bond donors (Lipinski definition) is 2. The fraction of sp³-hybridized carbons (Fsp3) is 0.917. The number of primary amides is 1. The van der Waals surface area contributed by atoms with E-state index in [0.29, 0.717) is 12.6 Å². The van der Waals surface area contributed by atoms with Gasteiger partial charge in [0.05, 0.1) is 6.61 Å². The van der Waals surface area contributed by atoms with Gasteiger partial charge >= 0.3 is 0 Å². The molecule has 0 aromatic carbocycles. The second kappa shape index (κ2) is 6.86. The van der Waals surface area contributed by atoms with E-state index in [4.69, 9.17) is 10.5 Å². The normalized spacial score (nSPS) is 30.2. The molecule has 16 heavy (non-hydrogen) atoms. The van der Waals surface area contributed by atoms with Gasteiger partial charge in [-0.1, -0.05) is 20.3 Å². The van der Waals surface area contributed by atoms with Gasteiger partial charge in [0.25, 0.3) is 0 Å². The maximum absolute atomic E-state index is 10.4. The summed E-state index contributed by atoms with van der Waals surface area (Å²) in [4.78, 5) is 10.4. The fourth-order valence-corrected chi connectivity index (χ4v) is 2.31. The highest BCUT2D eigenvalue weighted by Crippen LogP contribution is 2.28. The van der Waals surface area contributed by atoms with E-state index in [9.17, 15) is 4.79 Å². The summed E-state index contributed by atoms with van der Waals surface area (Å²) < 4.78 is 5.11. The molecular formula is C12H24N2O2. The number of amides is 1. The van der Waals surface area contributed by atoms with Gasteiger partial charge in [-0.05, 0) is 24.7 Å². The summed E-state index contributed by atoms with van der Waals surface area (Å²) in [7, 11) is 0. The van der Waals surface area contributed by atoms with E-state index in [0.717, 1.165) is 18.4 Å². The number of ether oxygens (including phenoxy) is 1. The number of carbonyl (C=O) groups excluding carboxylic acids is 1. The summed E-state index contributed by atoms with van der Waals surface area (Å²) in [5.41, 5.74) is 4.97. The Labute approximate surface area is 97.9 Å². The predicted octanol–water partition coefficient (Wildman–Crippen LogP) is 0.903. The highest BCUT2D eigenvalue weighted by atomic mass is 16.5. The van der Waals surface area contributed by atoms with Crippen molar-refractivity contribution in [3.8, 4) is 0 Å². The molecule has 94 valence electrons. The molecule has 0 aromatic heterocycles. The minimum atomic E-state index is -0.403. The Hall–Kier alpha value is -0.610. The lowest BCUT2D eigenvalue weighted by molar-refractivity contribution is -0.122. The fourth-order valence-electron chi connectivity index (χ4n) is 2.31. The van der Waals surface area contributed by atoms with E-state index in [-0.39, 0.29) is 6.61 Å². The Morgan fingerprint density at radius 1 is 1.44 bits per heavy atom. The van der Waals surface area contributed by atoms with Crippen LogP contribution in [0.25, 0.3) is 0 Å². The molecule has 1 aliphatic carbocycles. The monoisotopic (exact) mass is 228 g/mol. The van der Waals surface area contributed by atoms with E-state index in [1.807, 2.05) is 0 Å². The maximum Gasteiger partial charge on any atom is 0.243 e. The van der Waals surface area contributed by atoms with Crippen molar-refractivity contribution in [2.24, 2.45) is 17.6 Å². The van der Waals surface area contributed by atoms with Gasteiger partial charge in [0.1, 0.15) is 6.61 Å². The zero-order valence-corrected chi connectivity index (χ0v) is 10.4. The molecule has 0 saturated heterocycles. The van der Waals surface area contributed by atoms with Crippen LogP contribution in [0, 0.1) is 11.8 Å². The van der Waals surface area contributed by atoms with E-state index in [2.05, 4.69) is 19.2 Å². The lowest BCUT2D eigenvalue weighted by atomic mass is 9.80. The molecule has 1 saturated carbocycles. The van der Waals surface area contributed by atoms with Crippen molar-refractivity contribution in [1.82, 2.24) is 5.32 Å². The van der Waals surface area contributed by atoms with Crippen molar-refractivity contribution in [2.75, 3.05) is 19.8 Å². The van der Waals surface area contributed by atoms with Crippen LogP contribution in [0.2, 0.25) is 0 Å². The second-order valence-corrected chi connectivity index (χ2v) is 4.98. The van der Waals surface area contributed by atoms with Crippen molar-refractivity contribution in [1.29, 1.82) is 0 Å². The summed E-state index contributed by atoms with van der Waals surface area (Å²) in [5.74, 6) is 1.16. The largest absolute Gasteiger partial charge is 0.370 e. The molecule has 1 amide bonds.